The van der Waals surface area contributed by atoms with Gasteiger partial charge in [-0.15, -0.1) is 5.10 Å². The van der Waals surface area contributed by atoms with Crippen LogP contribution in [0.15, 0.2) is 47.3 Å². The van der Waals surface area contributed by atoms with Gasteiger partial charge < -0.3 is 23.9 Å². The van der Waals surface area contributed by atoms with Crippen LogP contribution in [0.25, 0.3) is 10.9 Å². The van der Waals surface area contributed by atoms with E-state index in [0.29, 0.717) is 49.9 Å². The third-order valence-corrected chi connectivity index (χ3v) is 5.84. The fourth-order valence-electron chi connectivity index (χ4n) is 4.07. The first-order chi connectivity index (χ1) is 17.1. The van der Waals surface area contributed by atoms with Crippen molar-refractivity contribution < 1.29 is 18.9 Å². The quantitative estimate of drug-likeness (QED) is 0.366. The smallest absolute Gasteiger partial charge is 0.252 e. The highest BCUT2D eigenvalue weighted by atomic mass is 16.7. The number of fused-ring (bicyclic) bond motifs is 2. The first kappa shape index (κ1) is 22.8. The van der Waals surface area contributed by atoms with Crippen LogP contribution in [0.5, 0.6) is 17.2 Å². The first-order valence-electron chi connectivity index (χ1n) is 11.2. The number of nitrogens with zero attached hydrogens (tertiary/aromatic N) is 5. The van der Waals surface area contributed by atoms with E-state index in [1.54, 1.807) is 18.9 Å². The van der Waals surface area contributed by atoms with Crippen LogP contribution in [-0.2, 0) is 30.9 Å². The van der Waals surface area contributed by atoms with Gasteiger partial charge in [0, 0.05) is 36.7 Å². The van der Waals surface area contributed by atoms with Crippen molar-refractivity contribution in [1.29, 1.82) is 0 Å². The molecule has 3 heterocycles. The van der Waals surface area contributed by atoms with Gasteiger partial charge in [-0.3, -0.25) is 9.69 Å². The lowest BCUT2D eigenvalue weighted by Gasteiger charge is -2.22. The number of hydrogen-bond acceptors (Lipinski definition) is 9. The molecule has 2 aromatic heterocycles. The SMILES string of the molecule is COCCn1nnnc1CN(Cc1ccc2c(c1)OCO2)Cc1cc2cc(OC)ccc2[nH]c1=O. The number of H-pyrrole nitrogens is 1. The number of aromatic amines is 1. The van der Waals surface area contributed by atoms with E-state index in [1.807, 2.05) is 42.5 Å². The minimum absolute atomic E-state index is 0.141. The Bertz CT molecular complexity index is 1380. The van der Waals surface area contributed by atoms with E-state index < -0.39 is 0 Å². The maximum absolute atomic E-state index is 12.9. The Labute approximate surface area is 201 Å². The van der Waals surface area contributed by atoms with E-state index in [0.717, 1.165) is 28.0 Å². The molecule has 4 aromatic rings. The van der Waals surface area contributed by atoms with Crippen molar-refractivity contribution >= 4 is 10.9 Å². The van der Waals surface area contributed by atoms with Crippen molar-refractivity contribution in [2.75, 3.05) is 27.6 Å². The van der Waals surface area contributed by atoms with Gasteiger partial charge in [-0.05, 0) is 52.4 Å². The molecule has 11 heteroatoms. The van der Waals surface area contributed by atoms with Gasteiger partial charge in [0.05, 0.1) is 26.8 Å². The van der Waals surface area contributed by atoms with Crippen LogP contribution >= 0.6 is 0 Å². The Hall–Kier alpha value is -3.96. The summed E-state index contributed by atoms with van der Waals surface area (Å²) in [6.45, 7) is 2.60. The molecular weight excluding hydrogens is 452 g/mol. The van der Waals surface area contributed by atoms with Gasteiger partial charge in [0.15, 0.2) is 17.3 Å². The maximum atomic E-state index is 12.9. The molecule has 182 valence electrons. The van der Waals surface area contributed by atoms with E-state index in [4.69, 9.17) is 18.9 Å². The molecule has 5 rings (SSSR count). The Morgan fingerprint density at radius 1 is 1.06 bits per heavy atom. The van der Waals surface area contributed by atoms with Crippen molar-refractivity contribution in [3.63, 3.8) is 0 Å². The second kappa shape index (κ2) is 10.1. The molecule has 0 bridgehead atoms. The Morgan fingerprint density at radius 2 is 1.94 bits per heavy atom. The second-order valence-corrected chi connectivity index (χ2v) is 8.22. The summed E-state index contributed by atoms with van der Waals surface area (Å²) in [6, 6.07) is 13.3. The van der Waals surface area contributed by atoms with Crippen LogP contribution in [0, 0.1) is 0 Å². The van der Waals surface area contributed by atoms with Crippen molar-refractivity contribution in [2.45, 2.75) is 26.2 Å². The summed E-state index contributed by atoms with van der Waals surface area (Å²) in [5.41, 5.74) is 2.26. The fraction of sp³-hybridized carbons (Fsp3) is 0.333. The lowest BCUT2D eigenvalue weighted by Crippen LogP contribution is -2.28. The van der Waals surface area contributed by atoms with Crippen LogP contribution in [0.2, 0.25) is 0 Å². The first-order valence-corrected chi connectivity index (χ1v) is 11.2. The van der Waals surface area contributed by atoms with Crippen LogP contribution in [-0.4, -0.2) is 57.7 Å². The van der Waals surface area contributed by atoms with Crippen LogP contribution in [0.4, 0.5) is 0 Å². The van der Waals surface area contributed by atoms with Crippen molar-refractivity contribution in [1.82, 2.24) is 30.1 Å². The Balaban J connectivity index is 1.45. The lowest BCUT2D eigenvalue weighted by molar-refractivity contribution is 0.173. The zero-order chi connectivity index (χ0) is 24.2. The monoisotopic (exact) mass is 478 g/mol. The molecule has 0 saturated carbocycles. The van der Waals surface area contributed by atoms with E-state index >= 15 is 0 Å². The zero-order valence-corrected chi connectivity index (χ0v) is 19.6. The molecule has 1 aliphatic heterocycles. The molecule has 1 N–H and O–H groups in total. The summed E-state index contributed by atoms with van der Waals surface area (Å²) in [5.74, 6) is 2.85. The molecule has 0 aliphatic carbocycles. The average molecular weight is 479 g/mol. The normalized spacial score (nSPS) is 12.5. The molecule has 2 aromatic carbocycles. The third-order valence-electron chi connectivity index (χ3n) is 5.84. The summed E-state index contributed by atoms with van der Waals surface area (Å²) < 4.78 is 23.2. The molecule has 0 fully saturated rings. The largest absolute Gasteiger partial charge is 0.497 e. The fourth-order valence-corrected chi connectivity index (χ4v) is 4.07. The van der Waals surface area contributed by atoms with Crippen LogP contribution in [0.3, 0.4) is 0 Å². The average Bonchev–Trinajstić information content (AvgIpc) is 3.51. The number of benzene rings is 2. The predicted molar refractivity (Wildman–Crippen MR) is 126 cm³/mol. The second-order valence-electron chi connectivity index (χ2n) is 8.22. The van der Waals surface area contributed by atoms with Gasteiger partial charge in [0.1, 0.15) is 5.75 Å². The number of ether oxygens (including phenoxy) is 4. The Kier molecular flexibility index (Phi) is 6.59. The van der Waals surface area contributed by atoms with Crippen molar-refractivity contribution in [3.05, 3.63) is 69.8 Å². The van der Waals surface area contributed by atoms with Crippen LogP contribution in [0.1, 0.15) is 17.0 Å². The van der Waals surface area contributed by atoms with Gasteiger partial charge in [0.2, 0.25) is 6.79 Å². The lowest BCUT2D eigenvalue weighted by atomic mass is 10.1. The molecule has 0 radical (unpaired) electrons. The van der Waals surface area contributed by atoms with E-state index in [1.165, 1.54) is 0 Å². The number of rotatable bonds is 10. The summed E-state index contributed by atoms with van der Waals surface area (Å²) in [5, 5.41) is 13.0. The molecule has 0 saturated heterocycles. The molecule has 0 unspecified atom stereocenters. The van der Waals surface area contributed by atoms with E-state index in [9.17, 15) is 4.79 Å². The van der Waals surface area contributed by atoms with Crippen LogP contribution < -0.4 is 19.8 Å². The standard InChI is InChI=1S/C24H26N6O5/c1-32-8-7-30-23(26-27-28-30)14-29(12-16-3-6-21-22(9-16)35-15-34-21)13-18-10-17-11-19(33-2)4-5-20(17)25-24(18)31/h3-6,9-11H,7-8,12-15H2,1-2H3,(H,25,31). The number of hydrogen-bond donors (Lipinski definition) is 1. The Morgan fingerprint density at radius 3 is 2.80 bits per heavy atom. The molecule has 0 amide bonds. The molecule has 0 spiro atoms. The van der Waals surface area contributed by atoms with Gasteiger partial charge in [-0.2, -0.15) is 0 Å². The topological polar surface area (TPSA) is 117 Å². The number of tetrazole rings is 1. The highest BCUT2D eigenvalue weighted by Gasteiger charge is 2.18. The third kappa shape index (κ3) is 5.10. The molecule has 0 atom stereocenters. The van der Waals surface area contributed by atoms with Crippen molar-refractivity contribution in [2.24, 2.45) is 0 Å². The number of nitrogens with one attached hydrogen (secondary N) is 1. The molecule has 11 nitrogen and oxygen atoms in total. The zero-order valence-electron chi connectivity index (χ0n) is 19.6. The highest BCUT2D eigenvalue weighted by Crippen LogP contribution is 2.33. The minimum Gasteiger partial charge on any atom is -0.497 e. The molecule has 35 heavy (non-hydrogen) atoms. The summed E-state index contributed by atoms with van der Waals surface area (Å²) >= 11 is 0. The maximum Gasteiger partial charge on any atom is 0.252 e. The van der Waals surface area contributed by atoms with Crippen molar-refractivity contribution in [3.8, 4) is 17.2 Å². The molecular formula is C24H26N6O5. The highest BCUT2D eigenvalue weighted by molar-refractivity contribution is 5.80. The number of pyridine rings is 1. The predicted octanol–water partition coefficient (Wildman–Crippen LogP) is 2.10. The van der Waals surface area contributed by atoms with E-state index in [2.05, 4.69) is 25.4 Å². The molecule has 1 aliphatic rings. The van der Waals surface area contributed by atoms with Gasteiger partial charge >= 0.3 is 0 Å². The number of aromatic nitrogens is 5. The van der Waals surface area contributed by atoms with Gasteiger partial charge in [0.25, 0.3) is 5.56 Å². The summed E-state index contributed by atoms with van der Waals surface area (Å²) in [7, 11) is 3.26. The minimum atomic E-state index is -0.141. The van der Waals surface area contributed by atoms with E-state index in [-0.39, 0.29) is 12.4 Å². The summed E-state index contributed by atoms with van der Waals surface area (Å²) in [4.78, 5) is 18.0. The number of methoxy groups -OCH3 is 2. The summed E-state index contributed by atoms with van der Waals surface area (Å²) in [6.07, 6.45) is 0. The van der Waals surface area contributed by atoms with Gasteiger partial charge in [-0.25, -0.2) is 4.68 Å². The van der Waals surface area contributed by atoms with Gasteiger partial charge in [-0.1, -0.05) is 6.07 Å².